The van der Waals surface area contributed by atoms with Crippen molar-refractivity contribution in [2.45, 2.75) is 19.7 Å². The molecule has 3 aromatic rings. The molecular weight excluding hydrogens is 438 g/mol. The minimum Gasteiger partial charge on any atom is -0.490 e. The van der Waals surface area contributed by atoms with Crippen LogP contribution in [0.5, 0.6) is 11.5 Å². The van der Waals surface area contributed by atoms with Gasteiger partial charge in [-0.2, -0.15) is 13.2 Å². The fraction of sp³-hybridized carbons (Fsp3) is 0.160. The molecule has 0 bridgehead atoms. The van der Waals surface area contributed by atoms with Gasteiger partial charge in [0.2, 0.25) is 0 Å². The second kappa shape index (κ2) is 8.97. The number of carbonyl (C=O) groups is 1. The summed E-state index contributed by atoms with van der Waals surface area (Å²) in [5.41, 5.74) is 0.874. The number of hydrogen-bond donors (Lipinski definition) is 1. The third-order valence-corrected chi connectivity index (χ3v) is 5.05. The molecule has 0 aliphatic carbocycles. The summed E-state index contributed by atoms with van der Waals surface area (Å²) in [4.78, 5) is 12.4. The standard InChI is InChI=1S/C25H19F4NO3/c1-2-32-23-12-15(7-10-22(23)33-14-16-5-3-4-6-20(16)26)11-19-18-9-8-17(25(27,28)29)13-21(18)30-24(19)31/h3-13H,2,14H2,1H3,(H,30,31)/b19-11-. The Morgan fingerprint density at radius 2 is 1.76 bits per heavy atom. The average molecular weight is 457 g/mol. The van der Waals surface area contributed by atoms with Gasteiger partial charge in [-0.3, -0.25) is 4.79 Å². The van der Waals surface area contributed by atoms with Gasteiger partial charge in [0.25, 0.3) is 5.91 Å². The first-order chi connectivity index (χ1) is 15.8. The van der Waals surface area contributed by atoms with Crippen molar-refractivity contribution in [3.63, 3.8) is 0 Å². The molecule has 170 valence electrons. The number of halogens is 4. The van der Waals surface area contributed by atoms with E-state index < -0.39 is 17.6 Å². The van der Waals surface area contributed by atoms with Gasteiger partial charge in [0.15, 0.2) is 11.5 Å². The number of alkyl halides is 3. The number of fused-ring (bicyclic) bond motifs is 1. The van der Waals surface area contributed by atoms with Crippen molar-refractivity contribution in [1.29, 1.82) is 0 Å². The monoisotopic (exact) mass is 457 g/mol. The highest BCUT2D eigenvalue weighted by Gasteiger charge is 2.33. The summed E-state index contributed by atoms with van der Waals surface area (Å²) in [7, 11) is 0. The zero-order chi connectivity index (χ0) is 23.6. The Bertz CT molecular complexity index is 1230. The summed E-state index contributed by atoms with van der Waals surface area (Å²) in [5, 5.41) is 2.48. The summed E-state index contributed by atoms with van der Waals surface area (Å²) in [6.45, 7) is 2.15. The number of nitrogens with one attached hydrogen (secondary N) is 1. The zero-order valence-corrected chi connectivity index (χ0v) is 17.5. The van der Waals surface area contributed by atoms with E-state index in [2.05, 4.69) is 5.32 Å². The largest absolute Gasteiger partial charge is 0.490 e. The van der Waals surface area contributed by atoms with Gasteiger partial charge in [0.05, 0.1) is 12.2 Å². The molecule has 0 saturated heterocycles. The lowest BCUT2D eigenvalue weighted by molar-refractivity contribution is -0.137. The van der Waals surface area contributed by atoms with Crippen LogP contribution in [0.3, 0.4) is 0 Å². The average Bonchev–Trinajstić information content (AvgIpc) is 3.08. The molecule has 0 unspecified atom stereocenters. The molecule has 1 heterocycles. The number of ether oxygens (including phenoxy) is 2. The van der Waals surface area contributed by atoms with E-state index in [0.29, 0.717) is 34.8 Å². The van der Waals surface area contributed by atoms with Crippen LogP contribution in [0.15, 0.2) is 60.7 Å². The number of hydrogen-bond acceptors (Lipinski definition) is 3. The maximum Gasteiger partial charge on any atom is 0.416 e. The van der Waals surface area contributed by atoms with Crippen molar-refractivity contribution in [1.82, 2.24) is 0 Å². The van der Waals surface area contributed by atoms with Crippen LogP contribution in [0, 0.1) is 5.82 Å². The maximum absolute atomic E-state index is 13.9. The van der Waals surface area contributed by atoms with Gasteiger partial charge in [0.1, 0.15) is 12.4 Å². The molecule has 0 aromatic heterocycles. The molecule has 1 N–H and O–H groups in total. The molecule has 1 aliphatic heterocycles. The highest BCUT2D eigenvalue weighted by Crippen LogP contribution is 2.39. The topological polar surface area (TPSA) is 47.6 Å². The predicted molar refractivity (Wildman–Crippen MR) is 116 cm³/mol. The quantitative estimate of drug-likeness (QED) is 0.348. The SMILES string of the molecule is CCOc1cc(/C=C2\C(=O)Nc3cc(C(F)(F)F)ccc32)ccc1OCc1ccccc1F. The molecule has 3 aromatic carbocycles. The molecule has 8 heteroatoms. The first-order valence-corrected chi connectivity index (χ1v) is 10.1. The van der Waals surface area contributed by atoms with Gasteiger partial charge < -0.3 is 14.8 Å². The molecule has 1 amide bonds. The van der Waals surface area contributed by atoms with Crippen LogP contribution in [0.25, 0.3) is 11.6 Å². The lowest BCUT2D eigenvalue weighted by Crippen LogP contribution is -2.06. The predicted octanol–water partition coefficient (Wildman–Crippen LogP) is 6.31. The zero-order valence-electron chi connectivity index (χ0n) is 17.5. The number of amides is 1. The minimum atomic E-state index is -4.50. The molecule has 0 fully saturated rings. The summed E-state index contributed by atoms with van der Waals surface area (Å²) >= 11 is 0. The molecule has 0 saturated carbocycles. The van der Waals surface area contributed by atoms with Gasteiger partial charge in [0, 0.05) is 22.4 Å². The molecule has 0 radical (unpaired) electrons. The second-order valence-corrected chi connectivity index (χ2v) is 7.29. The van der Waals surface area contributed by atoms with E-state index in [9.17, 15) is 22.4 Å². The van der Waals surface area contributed by atoms with Gasteiger partial charge >= 0.3 is 6.18 Å². The second-order valence-electron chi connectivity index (χ2n) is 7.29. The highest BCUT2D eigenvalue weighted by atomic mass is 19.4. The fourth-order valence-corrected chi connectivity index (χ4v) is 3.45. The summed E-state index contributed by atoms with van der Waals surface area (Å²) < 4.78 is 64.1. The van der Waals surface area contributed by atoms with E-state index in [-0.39, 0.29) is 23.7 Å². The maximum atomic E-state index is 13.9. The Labute approximate surface area is 187 Å². The first kappa shape index (κ1) is 22.4. The number of anilines is 1. The van der Waals surface area contributed by atoms with E-state index in [1.54, 1.807) is 49.4 Å². The van der Waals surface area contributed by atoms with Gasteiger partial charge in [-0.25, -0.2) is 4.39 Å². The van der Waals surface area contributed by atoms with Gasteiger partial charge in [-0.1, -0.05) is 30.3 Å². The normalized spacial score (nSPS) is 14.2. The van der Waals surface area contributed by atoms with Crippen LogP contribution in [-0.2, 0) is 17.6 Å². The van der Waals surface area contributed by atoms with Crippen molar-refractivity contribution in [3.05, 3.63) is 88.7 Å². The van der Waals surface area contributed by atoms with E-state index in [1.807, 2.05) is 0 Å². The van der Waals surface area contributed by atoms with Crippen LogP contribution in [0.2, 0.25) is 0 Å². The third kappa shape index (κ3) is 4.84. The Kier molecular flexibility index (Phi) is 6.09. The van der Waals surface area contributed by atoms with E-state index in [0.717, 1.165) is 12.1 Å². The van der Waals surface area contributed by atoms with E-state index in [4.69, 9.17) is 9.47 Å². The summed E-state index contributed by atoms with van der Waals surface area (Å²) in [6, 6.07) is 14.4. The van der Waals surface area contributed by atoms with Crippen molar-refractivity contribution in [3.8, 4) is 11.5 Å². The minimum absolute atomic E-state index is 0.00447. The van der Waals surface area contributed by atoms with Crippen LogP contribution < -0.4 is 14.8 Å². The van der Waals surface area contributed by atoms with E-state index >= 15 is 0 Å². The lowest BCUT2D eigenvalue weighted by Gasteiger charge is -2.13. The Hall–Kier alpha value is -3.81. The first-order valence-electron chi connectivity index (χ1n) is 10.1. The third-order valence-electron chi connectivity index (χ3n) is 5.05. The number of carbonyl (C=O) groups excluding carboxylic acids is 1. The molecule has 0 atom stereocenters. The van der Waals surface area contributed by atoms with Crippen LogP contribution in [-0.4, -0.2) is 12.5 Å². The van der Waals surface area contributed by atoms with Gasteiger partial charge in [-0.15, -0.1) is 0 Å². The number of benzene rings is 3. The molecule has 4 nitrogen and oxygen atoms in total. The number of rotatable bonds is 6. The Morgan fingerprint density at radius 3 is 2.48 bits per heavy atom. The summed E-state index contributed by atoms with van der Waals surface area (Å²) in [6.07, 6.45) is -2.94. The molecular formula is C25H19F4NO3. The van der Waals surface area contributed by atoms with Crippen LogP contribution >= 0.6 is 0 Å². The smallest absolute Gasteiger partial charge is 0.416 e. The van der Waals surface area contributed by atoms with Crippen molar-refractivity contribution in [2.75, 3.05) is 11.9 Å². The van der Waals surface area contributed by atoms with Crippen molar-refractivity contribution in [2.24, 2.45) is 0 Å². The van der Waals surface area contributed by atoms with Crippen molar-refractivity contribution < 1.29 is 31.8 Å². The Balaban J connectivity index is 1.62. The van der Waals surface area contributed by atoms with Crippen molar-refractivity contribution >= 4 is 23.2 Å². The highest BCUT2D eigenvalue weighted by molar-refractivity contribution is 6.34. The lowest BCUT2D eigenvalue weighted by atomic mass is 10.0. The van der Waals surface area contributed by atoms with Gasteiger partial charge in [-0.05, 0) is 48.9 Å². The van der Waals surface area contributed by atoms with Crippen LogP contribution in [0.4, 0.5) is 23.2 Å². The molecule has 0 spiro atoms. The van der Waals surface area contributed by atoms with Crippen LogP contribution in [0.1, 0.15) is 29.2 Å². The Morgan fingerprint density at radius 1 is 0.970 bits per heavy atom. The summed E-state index contributed by atoms with van der Waals surface area (Å²) in [5.74, 6) is -0.0823. The molecule has 4 rings (SSSR count). The fourth-order valence-electron chi connectivity index (χ4n) is 3.45. The molecule has 33 heavy (non-hydrogen) atoms. The molecule has 1 aliphatic rings. The van der Waals surface area contributed by atoms with E-state index in [1.165, 1.54) is 12.1 Å².